The fourth-order valence-corrected chi connectivity index (χ4v) is 5.31. The minimum Gasteiger partial charge on any atom is -0.492 e. The molecule has 1 saturated heterocycles. The lowest BCUT2D eigenvalue weighted by atomic mass is 10.0. The first-order chi connectivity index (χ1) is 15.1. The molecule has 1 N–H and O–H groups in total. The molecular formula is C23H24FN5OS. The monoisotopic (exact) mass is 437 g/mol. The van der Waals surface area contributed by atoms with Crippen molar-refractivity contribution in [2.45, 2.75) is 19.4 Å². The highest BCUT2D eigenvalue weighted by molar-refractivity contribution is 7.17. The number of fused-ring (bicyclic) bond motifs is 1. The molecule has 160 valence electrons. The summed E-state index contributed by atoms with van der Waals surface area (Å²) in [7, 11) is 0. The molecule has 0 aliphatic carbocycles. The van der Waals surface area contributed by atoms with Gasteiger partial charge < -0.3 is 10.0 Å². The summed E-state index contributed by atoms with van der Waals surface area (Å²) in [5.74, 6) is 0.684. The second kappa shape index (κ2) is 8.28. The highest BCUT2D eigenvalue weighted by Gasteiger charge is 2.31. The molecule has 31 heavy (non-hydrogen) atoms. The SMILES string of the molecule is CCc1nc2sc([C@H](c3ccccc3)N3CCN(c4ccc(F)cc4)CC3)c(O)n2n1. The van der Waals surface area contributed by atoms with Crippen LogP contribution in [0, 0.1) is 5.82 Å². The zero-order valence-electron chi connectivity index (χ0n) is 17.3. The standard InChI is InChI=1S/C23H24FN5OS/c1-2-19-25-23-29(26-19)22(30)21(31-23)20(16-6-4-3-5-7-16)28-14-12-27(13-15-28)18-10-8-17(24)9-11-18/h3-11,20,30H,2,12-15H2,1H3/t20-/m0/s1. The van der Waals surface area contributed by atoms with Crippen LogP contribution < -0.4 is 4.90 Å². The molecular weight excluding hydrogens is 413 g/mol. The summed E-state index contributed by atoms with van der Waals surface area (Å²) < 4.78 is 14.8. The van der Waals surface area contributed by atoms with Crippen molar-refractivity contribution in [2.75, 3.05) is 31.1 Å². The predicted molar refractivity (Wildman–Crippen MR) is 120 cm³/mol. The van der Waals surface area contributed by atoms with Gasteiger partial charge in [-0.05, 0) is 29.8 Å². The van der Waals surface area contributed by atoms with E-state index in [0.717, 1.165) is 59.5 Å². The normalized spacial score (nSPS) is 16.1. The Morgan fingerprint density at radius 1 is 1.03 bits per heavy atom. The Hall–Kier alpha value is -2.97. The molecule has 2 aromatic heterocycles. The number of rotatable bonds is 5. The number of halogens is 1. The maximum atomic E-state index is 13.3. The van der Waals surface area contributed by atoms with Crippen LogP contribution in [0.5, 0.6) is 5.88 Å². The van der Waals surface area contributed by atoms with Gasteiger partial charge in [0.1, 0.15) is 5.82 Å². The van der Waals surface area contributed by atoms with Crippen LogP contribution in [0.4, 0.5) is 10.1 Å². The molecule has 1 aliphatic rings. The summed E-state index contributed by atoms with van der Waals surface area (Å²) in [6.07, 6.45) is 0.733. The van der Waals surface area contributed by atoms with Gasteiger partial charge in [0, 0.05) is 38.3 Å². The lowest BCUT2D eigenvalue weighted by Gasteiger charge is -2.40. The van der Waals surface area contributed by atoms with Gasteiger partial charge in [0.2, 0.25) is 10.8 Å². The number of hydrogen-bond donors (Lipinski definition) is 1. The molecule has 2 aromatic carbocycles. The maximum absolute atomic E-state index is 13.3. The molecule has 1 atom stereocenters. The Morgan fingerprint density at radius 3 is 2.39 bits per heavy atom. The lowest BCUT2D eigenvalue weighted by molar-refractivity contribution is 0.211. The third-order valence-electron chi connectivity index (χ3n) is 5.79. The molecule has 0 radical (unpaired) electrons. The Kier molecular flexibility index (Phi) is 5.33. The van der Waals surface area contributed by atoms with Crippen LogP contribution in [0.15, 0.2) is 54.6 Å². The van der Waals surface area contributed by atoms with Gasteiger partial charge in [0.05, 0.1) is 10.9 Å². The molecule has 4 aromatic rings. The third-order valence-corrected chi connectivity index (χ3v) is 6.87. The summed E-state index contributed by atoms with van der Waals surface area (Å²) in [5, 5.41) is 15.5. The van der Waals surface area contributed by atoms with Crippen LogP contribution in [-0.4, -0.2) is 50.8 Å². The first-order valence-corrected chi connectivity index (χ1v) is 11.3. The molecule has 5 rings (SSSR count). The maximum Gasteiger partial charge on any atom is 0.230 e. The number of benzene rings is 2. The summed E-state index contributed by atoms with van der Waals surface area (Å²) in [5.41, 5.74) is 2.17. The molecule has 0 unspecified atom stereocenters. The number of aryl methyl sites for hydroxylation is 1. The molecule has 0 amide bonds. The Labute approximate surface area is 184 Å². The second-order valence-corrected chi connectivity index (χ2v) is 8.69. The van der Waals surface area contributed by atoms with Crippen LogP contribution in [-0.2, 0) is 6.42 Å². The van der Waals surface area contributed by atoms with Crippen molar-refractivity contribution in [3.05, 3.63) is 76.7 Å². The van der Waals surface area contributed by atoms with E-state index in [0.29, 0.717) is 0 Å². The van der Waals surface area contributed by atoms with E-state index in [1.54, 1.807) is 4.52 Å². The number of nitrogens with zero attached hydrogens (tertiary/aromatic N) is 5. The number of anilines is 1. The highest BCUT2D eigenvalue weighted by Crippen LogP contribution is 2.40. The average molecular weight is 438 g/mol. The topological polar surface area (TPSA) is 56.9 Å². The first-order valence-electron chi connectivity index (χ1n) is 10.5. The number of piperazine rings is 1. The van der Waals surface area contributed by atoms with Crippen molar-refractivity contribution in [3.8, 4) is 5.88 Å². The van der Waals surface area contributed by atoms with E-state index >= 15 is 0 Å². The fraction of sp³-hybridized carbons (Fsp3) is 0.304. The molecule has 8 heteroatoms. The van der Waals surface area contributed by atoms with Crippen molar-refractivity contribution in [1.29, 1.82) is 0 Å². The van der Waals surface area contributed by atoms with E-state index < -0.39 is 0 Å². The van der Waals surface area contributed by atoms with Crippen LogP contribution in [0.1, 0.15) is 29.2 Å². The Balaban J connectivity index is 1.45. The van der Waals surface area contributed by atoms with Gasteiger partial charge in [-0.1, -0.05) is 48.6 Å². The van der Waals surface area contributed by atoms with Gasteiger partial charge in [-0.3, -0.25) is 4.90 Å². The second-order valence-electron chi connectivity index (χ2n) is 7.68. The summed E-state index contributed by atoms with van der Waals surface area (Å²) in [6, 6.07) is 16.9. The molecule has 6 nitrogen and oxygen atoms in total. The molecule has 0 bridgehead atoms. The third kappa shape index (κ3) is 3.77. The average Bonchev–Trinajstić information content (AvgIpc) is 3.35. The lowest BCUT2D eigenvalue weighted by Crippen LogP contribution is -2.47. The van der Waals surface area contributed by atoms with E-state index in [1.165, 1.54) is 23.5 Å². The summed E-state index contributed by atoms with van der Waals surface area (Å²) >= 11 is 1.50. The minimum atomic E-state index is -0.218. The smallest absolute Gasteiger partial charge is 0.230 e. The quantitative estimate of drug-likeness (QED) is 0.509. The predicted octanol–water partition coefficient (Wildman–Crippen LogP) is 4.11. The van der Waals surface area contributed by atoms with Crippen LogP contribution in [0.3, 0.4) is 0 Å². The first kappa shape index (κ1) is 20.0. The van der Waals surface area contributed by atoms with E-state index in [1.807, 2.05) is 37.3 Å². The zero-order valence-corrected chi connectivity index (χ0v) is 18.1. The van der Waals surface area contributed by atoms with Gasteiger partial charge >= 0.3 is 0 Å². The molecule has 0 spiro atoms. The molecule has 1 fully saturated rings. The van der Waals surface area contributed by atoms with Gasteiger partial charge in [0.15, 0.2) is 5.82 Å². The van der Waals surface area contributed by atoms with Crippen molar-refractivity contribution < 1.29 is 9.50 Å². The molecule has 1 aliphatic heterocycles. The van der Waals surface area contributed by atoms with Crippen LogP contribution in [0.25, 0.3) is 4.96 Å². The molecule has 3 heterocycles. The summed E-state index contributed by atoms with van der Waals surface area (Å²) in [4.78, 5) is 10.8. The minimum absolute atomic E-state index is 0.0739. The largest absolute Gasteiger partial charge is 0.492 e. The van der Waals surface area contributed by atoms with Gasteiger partial charge in [-0.2, -0.15) is 4.52 Å². The number of hydrogen-bond acceptors (Lipinski definition) is 6. The van der Waals surface area contributed by atoms with Gasteiger partial charge in [-0.25, -0.2) is 9.37 Å². The Morgan fingerprint density at radius 2 is 1.74 bits per heavy atom. The van der Waals surface area contributed by atoms with E-state index in [2.05, 4.69) is 32.0 Å². The van der Waals surface area contributed by atoms with Crippen LogP contribution in [0.2, 0.25) is 0 Å². The van der Waals surface area contributed by atoms with Crippen molar-refractivity contribution in [3.63, 3.8) is 0 Å². The van der Waals surface area contributed by atoms with Crippen LogP contribution >= 0.6 is 11.3 Å². The van der Waals surface area contributed by atoms with Gasteiger partial charge in [-0.15, -0.1) is 5.10 Å². The Bertz CT molecular complexity index is 1170. The number of thiazole rings is 1. The van der Waals surface area contributed by atoms with Crippen molar-refractivity contribution in [2.24, 2.45) is 0 Å². The highest BCUT2D eigenvalue weighted by atomic mass is 32.1. The molecule has 0 saturated carbocycles. The van der Waals surface area contributed by atoms with E-state index in [-0.39, 0.29) is 17.7 Å². The summed E-state index contributed by atoms with van der Waals surface area (Å²) in [6.45, 7) is 5.31. The van der Waals surface area contributed by atoms with E-state index in [9.17, 15) is 9.50 Å². The van der Waals surface area contributed by atoms with Crippen molar-refractivity contribution in [1.82, 2.24) is 19.5 Å². The number of aromatic nitrogens is 3. The number of aromatic hydroxyl groups is 1. The zero-order chi connectivity index (χ0) is 21.4. The van der Waals surface area contributed by atoms with Gasteiger partial charge in [0.25, 0.3) is 0 Å². The fourth-order valence-electron chi connectivity index (χ4n) is 4.17. The van der Waals surface area contributed by atoms with E-state index in [4.69, 9.17) is 0 Å². The van der Waals surface area contributed by atoms with Crippen molar-refractivity contribution >= 4 is 22.0 Å².